The van der Waals surface area contributed by atoms with E-state index in [0.29, 0.717) is 6.54 Å². The van der Waals surface area contributed by atoms with Gasteiger partial charge in [0.2, 0.25) is 0 Å². The minimum Gasteiger partial charge on any atom is -0.481 e. The number of carboxylic acids is 1. The van der Waals surface area contributed by atoms with Crippen LogP contribution in [-0.2, 0) is 9.53 Å². The first-order valence-corrected chi connectivity index (χ1v) is 6.49. The lowest BCUT2D eigenvalue weighted by molar-refractivity contribution is -0.138. The Bertz CT molecular complexity index is 303. The Balaban J connectivity index is 1.64. The summed E-state index contributed by atoms with van der Waals surface area (Å²) in [5.41, 5.74) is 0.0204. The fourth-order valence-corrected chi connectivity index (χ4v) is 3.19. The molecular weight excluding hydrogens is 230 g/mol. The Kier molecular flexibility index (Phi) is 3.28. The maximum atomic E-state index is 10.8. The Morgan fingerprint density at radius 2 is 2.38 bits per heavy atom. The van der Waals surface area contributed by atoms with Crippen LogP contribution in [0.1, 0.15) is 19.3 Å². The average molecular weight is 245 g/mol. The van der Waals surface area contributed by atoms with Crippen LogP contribution in [0.3, 0.4) is 0 Å². The average Bonchev–Trinajstić information content (AvgIpc) is 2.80. The van der Waals surface area contributed by atoms with Crippen molar-refractivity contribution in [2.45, 2.75) is 25.4 Å². The largest absolute Gasteiger partial charge is 0.481 e. The topological polar surface area (TPSA) is 75.6 Å². The molecule has 1 aliphatic heterocycles. The monoisotopic (exact) mass is 245 g/mol. The Labute approximate surface area is 97.9 Å². The smallest absolute Gasteiger partial charge is 0.407 e. The molecule has 1 unspecified atom stereocenters. The van der Waals surface area contributed by atoms with E-state index in [2.05, 4.69) is 5.32 Å². The third-order valence-corrected chi connectivity index (χ3v) is 4.37. The van der Waals surface area contributed by atoms with Crippen LogP contribution in [0.15, 0.2) is 0 Å². The summed E-state index contributed by atoms with van der Waals surface area (Å²) in [5.74, 6) is 0.889. The zero-order valence-electron chi connectivity index (χ0n) is 8.90. The van der Waals surface area contributed by atoms with Gasteiger partial charge in [-0.05, 0) is 24.0 Å². The van der Waals surface area contributed by atoms with E-state index < -0.39 is 5.97 Å². The number of thioether (sulfide) groups is 1. The van der Waals surface area contributed by atoms with Crippen LogP contribution in [0, 0.1) is 5.41 Å². The molecule has 1 saturated heterocycles. The SMILES string of the molecule is O=C(O)CC1(CSCC2CNC(=O)O2)CC1. The van der Waals surface area contributed by atoms with E-state index in [1.54, 1.807) is 11.8 Å². The molecule has 0 aromatic heterocycles. The summed E-state index contributed by atoms with van der Waals surface area (Å²) in [6.45, 7) is 0.567. The molecule has 6 heteroatoms. The highest BCUT2D eigenvalue weighted by molar-refractivity contribution is 7.99. The number of hydrogen-bond donors (Lipinski definition) is 2. The van der Waals surface area contributed by atoms with Crippen molar-refractivity contribution in [3.8, 4) is 0 Å². The molecule has 0 spiro atoms. The lowest BCUT2D eigenvalue weighted by Gasteiger charge is -2.13. The molecule has 0 radical (unpaired) electrons. The van der Waals surface area contributed by atoms with Crippen molar-refractivity contribution in [1.29, 1.82) is 0 Å². The zero-order chi connectivity index (χ0) is 11.6. The third-order valence-electron chi connectivity index (χ3n) is 2.94. The second-order valence-corrected chi connectivity index (χ2v) is 5.52. The lowest BCUT2D eigenvalue weighted by atomic mass is 10.1. The van der Waals surface area contributed by atoms with Crippen LogP contribution in [0.5, 0.6) is 0 Å². The lowest BCUT2D eigenvalue weighted by Crippen LogP contribution is -2.18. The quantitative estimate of drug-likeness (QED) is 0.732. The number of amides is 1. The minimum absolute atomic E-state index is 0.0204. The summed E-state index contributed by atoms with van der Waals surface area (Å²) in [6, 6.07) is 0. The Morgan fingerprint density at radius 1 is 1.62 bits per heavy atom. The number of alkyl carbamates (subject to hydrolysis) is 1. The molecule has 0 aromatic carbocycles. The van der Waals surface area contributed by atoms with E-state index in [9.17, 15) is 9.59 Å². The molecule has 5 nitrogen and oxygen atoms in total. The predicted molar refractivity (Wildman–Crippen MR) is 59.5 cm³/mol. The van der Waals surface area contributed by atoms with E-state index in [0.717, 1.165) is 24.3 Å². The van der Waals surface area contributed by atoms with Crippen LogP contribution in [0.25, 0.3) is 0 Å². The standard InChI is InChI=1S/C10H15NO4S/c12-8(13)3-10(1-2-10)6-16-5-7-4-11-9(14)15-7/h7H,1-6H2,(H,11,14)(H,12,13). The van der Waals surface area contributed by atoms with Gasteiger partial charge in [-0.1, -0.05) is 0 Å². The fraction of sp³-hybridized carbons (Fsp3) is 0.800. The van der Waals surface area contributed by atoms with Gasteiger partial charge >= 0.3 is 12.1 Å². The van der Waals surface area contributed by atoms with Crippen molar-refractivity contribution in [3.05, 3.63) is 0 Å². The summed E-state index contributed by atoms with van der Waals surface area (Å²) in [7, 11) is 0. The van der Waals surface area contributed by atoms with Crippen LogP contribution in [-0.4, -0.2) is 41.3 Å². The minimum atomic E-state index is -0.716. The molecule has 1 aliphatic carbocycles. The second kappa shape index (κ2) is 4.53. The molecule has 1 saturated carbocycles. The molecular formula is C10H15NO4S. The number of rotatable bonds is 6. The molecule has 2 fully saturated rings. The van der Waals surface area contributed by atoms with Gasteiger partial charge in [0.1, 0.15) is 6.10 Å². The maximum absolute atomic E-state index is 10.8. The molecule has 2 aliphatic rings. The van der Waals surface area contributed by atoms with Crippen molar-refractivity contribution < 1.29 is 19.4 Å². The van der Waals surface area contributed by atoms with Gasteiger partial charge < -0.3 is 15.2 Å². The molecule has 1 atom stereocenters. The van der Waals surface area contributed by atoms with Crippen molar-refractivity contribution in [2.24, 2.45) is 5.41 Å². The number of ether oxygens (including phenoxy) is 1. The molecule has 2 N–H and O–H groups in total. The first-order chi connectivity index (χ1) is 7.60. The highest BCUT2D eigenvalue weighted by Crippen LogP contribution is 2.51. The van der Waals surface area contributed by atoms with Gasteiger partial charge in [-0.2, -0.15) is 11.8 Å². The number of carboxylic acid groups (broad SMARTS) is 1. The van der Waals surface area contributed by atoms with Crippen LogP contribution in [0.2, 0.25) is 0 Å². The van der Waals surface area contributed by atoms with Crippen LogP contribution >= 0.6 is 11.8 Å². The van der Waals surface area contributed by atoms with E-state index in [1.165, 1.54) is 0 Å². The number of aliphatic carboxylic acids is 1. The number of carbonyl (C=O) groups is 2. The Morgan fingerprint density at radius 3 is 2.88 bits per heavy atom. The summed E-state index contributed by atoms with van der Waals surface area (Å²) < 4.78 is 4.99. The predicted octanol–water partition coefficient (Wildman–Crippen LogP) is 1.08. The first kappa shape index (κ1) is 11.6. The van der Waals surface area contributed by atoms with Gasteiger partial charge in [0.05, 0.1) is 13.0 Å². The molecule has 1 heterocycles. The number of carbonyl (C=O) groups excluding carboxylic acids is 1. The third kappa shape index (κ3) is 3.04. The number of cyclic esters (lactones) is 1. The maximum Gasteiger partial charge on any atom is 0.407 e. The van der Waals surface area contributed by atoms with Gasteiger partial charge in [-0.25, -0.2) is 4.79 Å². The molecule has 16 heavy (non-hydrogen) atoms. The summed E-state index contributed by atoms with van der Waals surface area (Å²) >= 11 is 1.68. The van der Waals surface area contributed by atoms with Crippen molar-refractivity contribution in [2.75, 3.05) is 18.1 Å². The van der Waals surface area contributed by atoms with Crippen molar-refractivity contribution >= 4 is 23.8 Å². The van der Waals surface area contributed by atoms with Gasteiger partial charge in [0.25, 0.3) is 0 Å². The van der Waals surface area contributed by atoms with Crippen molar-refractivity contribution in [3.63, 3.8) is 0 Å². The Hall–Kier alpha value is -0.910. The first-order valence-electron chi connectivity index (χ1n) is 5.34. The fourth-order valence-electron chi connectivity index (χ4n) is 1.80. The number of hydrogen-bond acceptors (Lipinski definition) is 4. The van der Waals surface area contributed by atoms with Gasteiger partial charge in [0.15, 0.2) is 0 Å². The van der Waals surface area contributed by atoms with E-state index in [1.807, 2.05) is 0 Å². The van der Waals surface area contributed by atoms with E-state index in [4.69, 9.17) is 9.84 Å². The zero-order valence-corrected chi connectivity index (χ0v) is 9.72. The summed E-state index contributed by atoms with van der Waals surface area (Å²) in [6.07, 6.45) is 1.88. The van der Waals surface area contributed by atoms with E-state index in [-0.39, 0.29) is 24.0 Å². The molecule has 90 valence electrons. The van der Waals surface area contributed by atoms with Crippen LogP contribution < -0.4 is 5.32 Å². The van der Waals surface area contributed by atoms with Gasteiger partial charge in [-0.15, -0.1) is 0 Å². The summed E-state index contributed by atoms with van der Waals surface area (Å²) in [5, 5.41) is 11.3. The summed E-state index contributed by atoms with van der Waals surface area (Å²) in [4.78, 5) is 21.4. The molecule has 1 amide bonds. The van der Waals surface area contributed by atoms with Crippen LogP contribution in [0.4, 0.5) is 4.79 Å². The second-order valence-electron chi connectivity index (χ2n) is 4.49. The van der Waals surface area contributed by atoms with Gasteiger partial charge in [-0.3, -0.25) is 4.79 Å². The highest BCUT2D eigenvalue weighted by Gasteiger charge is 2.44. The van der Waals surface area contributed by atoms with Gasteiger partial charge in [0, 0.05) is 5.75 Å². The molecule has 0 bridgehead atoms. The highest BCUT2D eigenvalue weighted by atomic mass is 32.2. The number of nitrogens with one attached hydrogen (secondary N) is 1. The normalized spacial score (nSPS) is 26.0. The van der Waals surface area contributed by atoms with E-state index >= 15 is 0 Å². The molecule has 0 aromatic rings. The van der Waals surface area contributed by atoms with Crippen molar-refractivity contribution in [1.82, 2.24) is 5.32 Å². The molecule has 2 rings (SSSR count).